The molecule has 5 heteroatoms. The second kappa shape index (κ2) is 6.53. The largest absolute Gasteiger partial charge is 0.352 e. The molecule has 0 saturated carbocycles. The summed E-state index contributed by atoms with van der Waals surface area (Å²) in [6.45, 7) is 2.66. The van der Waals surface area contributed by atoms with E-state index in [0.717, 1.165) is 25.0 Å². The Labute approximate surface area is 101 Å². The molecule has 1 N–H and O–H groups in total. The first-order valence-corrected chi connectivity index (χ1v) is 6.09. The minimum absolute atomic E-state index is 0.0421. The van der Waals surface area contributed by atoms with Gasteiger partial charge in [-0.25, -0.2) is 0 Å². The number of rotatable bonds is 6. The molecule has 4 nitrogen and oxygen atoms in total. The van der Waals surface area contributed by atoms with Crippen LogP contribution in [0.3, 0.4) is 0 Å². The molecule has 0 saturated heterocycles. The smallest absolute Gasteiger partial charge is 0.254 e. The summed E-state index contributed by atoms with van der Waals surface area (Å²) in [6, 6.07) is 0. The van der Waals surface area contributed by atoms with E-state index < -0.39 is 0 Å². The number of alkyl halides is 1. The number of hydrogen-bond acceptors (Lipinski definition) is 2. The summed E-state index contributed by atoms with van der Waals surface area (Å²) in [4.78, 5) is 11.8. The van der Waals surface area contributed by atoms with Gasteiger partial charge >= 0.3 is 0 Å². The van der Waals surface area contributed by atoms with Crippen LogP contribution in [-0.4, -0.2) is 28.1 Å². The third kappa shape index (κ3) is 3.52. The van der Waals surface area contributed by atoms with Gasteiger partial charge in [-0.1, -0.05) is 6.92 Å². The van der Waals surface area contributed by atoms with E-state index in [9.17, 15) is 4.79 Å². The zero-order chi connectivity index (χ0) is 12.0. The van der Waals surface area contributed by atoms with Crippen LogP contribution in [0.1, 0.15) is 35.8 Å². The summed E-state index contributed by atoms with van der Waals surface area (Å²) in [5, 5.41) is 7.10. The number of amides is 1. The molecule has 0 aromatic carbocycles. The molecule has 0 bridgehead atoms. The Morgan fingerprint density at radius 1 is 1.56 bits per heavy atom. The van der Waals surface area contributed by atoms with Gasteiger partial charge in [0.2, 0.25) is 0 Å². The standard InChI is InChI=1S/C11H18ClN3O/c1-3-10-9(8-15(2)14-10)11(16)13-7-5-4-6-12/h8H,3-7H2,1-2H3,(H,13,16). The van der Waals surface area contributed by atoms with Crippen LogP contribution in [0.15, 0.2) is 6.20 Å². The summed E-state index contributed by atoms with van der Waals surface area (Å²) in [5.74, 6) is 0.600. The second-order valence-corrected chi connectivity index (χ2v) is 4.05. The quantitative estimate of drug-likeness (QED) is 0.611. The van der Waals surface area contributed by atoms with Gasteiger partial charge in [-0.05, 0) is 19.3 Å². The van der Waals surface area contributed by atoms with E-state index >= 15 is 0 Å². The van der Waals surface area contributed by atoms with Crippen molar-refractivity contribution < 1.29 is 4.79 Å². The van der Waals surface area contributed by atoms with Gasteiger partial charge in [0.1, 0.15) is 0 Å². The van der Waals surface area contributed by atoms with Crippen molar-refractivity contribution in [3.05, 3.63) is 17.5 Å². The van der Waals surface area contributed by atoms with Crippen LogP contribution in [0.4, 0.5) is 0 Å². The van der Waals surface area contributed by atoms with E-state index in [-0.39, 0.29) is 5.91 Å². The van der Waals surface area contributed by atoms with Gasteiger partial charge in [-0.2, -0.15) is 5.10 Å². The summed E-state index contributed by atoms with van der Waals surface area (Å²) in [5.41, 5.74) is 1.52. The average molecular weight is 244 g/mol. The summed E-state index contributed by atoms with van der Waals surface area (Å²) in [7, 11) is 1.82. The van der Waals surface area contributed by atoms with Crippen molar-refractivity contribution >= 4 is 17.5 Å². The highest BCUT2D eigenvalue weighted by molar-refractivity contribution is 6.17. The maximum atomic E-state index is 11.8. The predicted molar refractivity (Wildman–Crippen MR) is 64.9 cm³/mol. The first-order chi connectivity index (χ1) is 7.69. The van der Waals surface area contributed by atoms with E-state index in [0.29, 0.717) is 18.0 Å². The molecule has 0 fully saturated rings. The third-order valence-electron chi connectivity index (χ3n) is 2.33. The van der Waals surface area contributed by atoms with Crippen LogP contribution < -0.4 is 5.32 Å². The number of hydrogen-bond donors (Lipinski definition) is 1. The van der Waals surface area contributed by atoms with Crippen molar-refractivity contribution in [1.29, 1.82) is 0 Å². The lowest BCUT2D eigenvalue weighted by Gasteiger charge is -2.03. The van der Waals surface area contributed by atoms with Crippen molar-refractivity contribution in [2.45, 2.75) is 26.2 Å². The fourth-order valence-electron chi connectivity index (χ4n) is 1.50. The highest BCUT2D eigenvalue weighted by atomic mass is 35.5. The number of aryl methyl sites for hydroxylation is 2. The van der Waals surface area contributed by atoms with Crippen LogP contribution in [0.2, 0.25) is 0 Å². The number of nitrogens with one attached hydrogen (secondary N) is 1. The van der Waals surface area contributed by atoms with Crippen molar-refractivity contribution in [3.8, 4) is 0 Å². The number of carbonyl (C=O) groups excluding carboxylic acids is 1. The maximum Gasteiger partial charge on any atom is 0.254 e. The molecule has 16 heavy (non-hydrogen) atoms. The highest BCUT2D eigenvalue weighted by Crippen LogP contribution is 2.06. The molecular formula is C11H18ClN3O. The van der Waals surface area contributed by atoms with Crippen molar-refractivity contribution in [2.24, 2.45) is 7.05 Å². The molecule has 1 heterocycles. The zero-order valence-corrected chi connectivity index (χ0v) is 10.5. The lowest BCUT2D eigenvalue weighted by Crippen LogP contribution is -2.25. The first kappa shape index (κ1) is 13.0. The molecule has 1 aromatic rings. The SMILES string of the molecule is CCc1nn(C)cc1C(=O)NCCCCCl. The molecule has 0 aliphatic rings. The summed E-state index contributed by atoms with van der Waals surface area (Å²) < 4.78 is 1.67. The normalized spacial score (nSPS) is 10.4. The number of unbranched alkanes of at least 4 members (excludes halogenated alkanes) is 1. The fraction of sp³-hybridized carbons (Fsp3) is 0.636. The van der Waals surface area contributed by atoms with Crippen molar-refractivity contribution in [2.75, 3.05) is 12.4 Å². The first-order valence-electron chi connectivity index (χ1n) is 5.55. The average Bonchev–Trinajstić information content (AvgIpc) is 2.65. The van der Waals surface area contributed by atoms with E-state index in [4.69, 9.17) is 11.6 Å². The van der Waals surface area contributed by atoms with Gasteiger partial charge < -0.3 is 5.32 Å². The van der Waals surface area contributed by atoms with Crippen LogP contribution in [0.5, 0.6) is 0 Å². The molecule has 0 atom stereocenters. The van der Waals surface area contributed by atoms with E-state index in [1.165, 1.54) is 0 Å². The van der Waals surface area contributed by atoms with Crippen LogP contribution >= 0.6 is 11.6 Å². The Balaban J connectivity index is 2.51. The number of aromatic nitrogens is 2. The van der Waals surface area contributed by atoms with Gasteiger partial charge in [0.05, 0.1) is 11.3 Å². The topological polar surface area (TPSA) is 46.9 Å². The number of nitrogens with zero attached hydrogens (tertiary/aromatic N) is 2. The van der Waals surface area contributed by atoms with E-state index in [1.807, 2.05) is 14.0 Å². The Bertz CT molecular complexity index is 349. The Morgan fingerprint density at radius 2 is 2.31 bits per heavy atom. The molecule has 1 amide bonds. The molecule has 0 spiro atoms. The molecule has 0 aliphatic heterocycles. The highest BCUT2D eigenvalue weighted by Gasteiger charge is 2.13. The van der Waals surface area contributed by atoms with Crippen LogP contribution in [0, 0.1) is 0 Å². The number of halogens is 1. The van der Waals surface area contributed by atoms with Crippen LogP contribution in [-0.2, 0) is 13.5 Å². The predicted octanol–water partition coefficient (Wildman–Crippen LogP) is 1.73. The Hall–Kier alpha value is -1.03. The molecule has 0 unspecified atom stereocenters. The fourth-order valence-corrected chi connectivity index (χ4v) is 1.69. The summed E-state index contributed by atoms with van der Waals surface area (Å²) >= 11 is 5.56. The molecule has 0 radical (unpaired) electrons. The van der Waals surface area contributed by atoms with E-state index in [2.05, 4.69) is 10.4 Å². The van der Waals surface area contributed by atoms with Gasteiger partial charge in [0.25, 0.3) is 5.91 Å². The summed E-state index contributed by atoms with van der Waals surface area (Å²) in [6.07, 6.45) is 4.37. The molecule has 0 aliphatic carbocycles. The lowest BCUT2D eigenvalue weighted by molar-refractivity contribution is 0.0952. The van der Waals surface area contributed by atoms with Gasteiger partial charge in [0.15, 0.2) is 0 Å². The molecular weight excluding hydrogens is 226 g/mol. The van der Waals surface area contributed by atoms with Gasteiger partial charge in [0, 0.05) is 25.7 Å². The maximum absolute atomic E-state index is 11.8. The van der Waals surface area contributed by atoms with Gasteiger partial charge in [-0.15, -0.1) is 11.6 Å². The monoisotopic (exact) mass is 243 g/mol. The van der Waals surface area contributed by atoms with Crippen molar-refractivity contribution in [1.82, 2.24) is 15.1 Å². The van der Waals surface area contributed by atoms with E-state index in [1.54, 1.807) is 10.9 Å². The van der Waals surface area contributed by atoms with Crippen molar-refractivity contribution in [3.63, 3.8) is 0 Å². The Morgan fingerprint density at radius 3 is 2.94 bits per heavy atom. The molecule has 1 rings (SSSR count). The molecule has 1 aromatic heterocycles. The lowest BCUT2D eigenvalue weighted by atomic mass is 10.2. The number of carbonyl (C=O) groups is 1. The van der Waals surface area contributed by atoms with Gasteiger partial charge in [-0.3, -0.25) is 9.48 Å². The Kier molecular flexibility index (Phi) is 5.32. The minimum Gasteiger partial charge on any atom is -0.352 e. The minimum atomic E-state index is -0.0421. The molecule has 90 valence electrons. The third-order valence-corrected chi connectivity index (χ3v) is 2.60. The van der Waals surface area contributed by atoms with Crippen LogP contribution in [0.25, 0.3) is 0 Å². The zero-order valence-electron chi connectivity index (χ0n) is 9.79. The second-order valence-electron chi connectivity index (χ2n) is 3.67.